The molecule has 1 aromatic carbocycles. The number of benzene rings is 1. The van der Waals surface area contributed by atoms with E-state index in [9.17, 15) is 4.39 Å². The normalized spacial score (nSPS) is 11.1. The Balaban J connectivity index is 2.00. The number of alkyl halides is 1. The molecule has 3 aromatic rings. The number of rotatable bonds is 4. The van der Waals surface area contributed by atoms with Gasteiger partial charge >= 0.3 is 0 Å². The molecule has 0 aliphatic rings. The SMILES string of the molecule is Cc1cc2nc(-c3ccc(N(C)C)cc3)cn2cc1CC[18F]. The first-order chi connectivity index (χ1) is 10.6. The van der Waals surface area contributed by atoms with E-state index in [0.717, 1.165) is 33.7 Å². The van der Waals surface area contributed by atoms with Crippen LogP contribution >= 0.6 is 0 Å². The third-order valence-electron chi connectivity index (χ3n) is 3.95. The van der Waals surface area contributed by atoms with Crippen LogP contribution in [0.25, 0.3) is 16.9 Å². The van der Waals surface area contributed by atoms with Crippen molar-refractivity contribution in [2.75, 3.05) is 25.7 Å². The van der Waals surface area contributed by atoms with Crippen LogP contribution in [0, 0.1) is 6.92 Å². The lowest BCUT2D eigenvalue weighted by molar-refractivity contribution is 0.494. The van der Waals surface area contributed by atoms with Crippen LogP contribution in [0.3, 0.4) is 0 Å². The predicted molar refractivity (Wildman–Crippen MR) is 89.4 cm³/mol. The van der Waals surface area contributed by atoms with Crippen molar-refractivity contribution in [2.24, 2.45) is 0 Å². The van der Waals surface area contributed by atoms with E-state index in [0.29, 0.717) is 6.42 Å². The minimum Gasteiger partial charge on any atom is -0.378 e. The quantitative estimate of drug-likeness (QED) is 0.728. The summed E-state index contributed by atoms with van der Waals surface area (Å²) in [6, 6.07) is 10.3. The van der Waals surface area contributed by atoms with Crippen LogP contribution in [0.2, 0.25) is 0 Å². The maximum atomic E-state index is 12.6. The number of pyridine rings is 1. The molecule has 0 fully saturated rings. The Labute approximate surface area is 130 Å². The predicted octanol–water partition coefficient (Wildman–Crippen LogP) is 3.89. The van der Waals surface area contributed by atoms with Crippen LogP contribution in [0.4, 0.5) is 10.1 Å². The molecular formula is C18H20FN3. The number of anilines is 1. The molecule has 0 amide bonds. The van der Waals surface area contributed by atoms with E-state index >= 15 is 0 Å². The van der Waals surface area contributed by atoms with Gasteiger partial charge in [0.15, 0.2) is 0 Å². The number of halogens is 1. The summed E-state index contributed by atoms with van der Waals surface area (Å²) in [4.78, 5) is 6.74. The van der Waals surface area contributed by atoms with Gasteiger partial charge in [-0.2, -0.15) is 0 Å². The van der Waals surface area contributed by atoms with Crippen molar-refractivity contribution < 1.29 is 4.39 Å². The summed E-state index contributed by atoms with van der Waals surface area (Å²) >= 11 is 0. The largest absolute Gasteiger partial charge is 0.378 e. The lowest BCUT2D eigenvalue weighted by Crippen LogP contribution is -2.07. The van der Waals surface area contributed by atoms with Gasteiger partial charge in [-0.15, -0.1) is 0 Å². The highest BCUT2D eigenvalue weighted by atomic mass is 18.2. The first-order valence-corrected chi connectivity index (χ1v) is 7.40. The molecule has 0 spiro atoms. The second-order valence-corrected chi connectivity index (χ2v) is 5.75. The summed E-state index contributed by atoms with van der Waals surface area (Å²) in [7, 11) is 4.05. The average Bonchev–Trinajstić information content (AvgIpc) is 2.90. The number of imidazole rings is 1. The highest BCUT2D eigenvalue weighted by Crippen LogP contribution is 2.23. The smallest absolute Gasteiger partial charge is 0.137 e. The molecule has 3 rings (SSSR count). The molecule has 0 saturated carbocycles. The fourth-order valence-electron chi connectivity index (χ4n) is 2.61. The number of fused-ring (bicyclic) bond motifs is 1. The van der Waals surface area contributed by atoms with Crippen LogP contribution < -0.4 is 4.90 Å². The van der Waals surface area contributed by atoms with E-state index in [1.807, 2.05) is 43.9 Å². The Kier molecular flexibility index (Phi) is 3.84. The third-order valence-corrected chi connectivity index (χ3v) is 3.95. The van der Waals surface area contributed by atoms with E-state index in [2.05, 4.69) is 34.1 Å². The van der Waals surface area contributed by atoms with E-state index in [4.69, 9.17) is 0 Å². The van der Waals surface area contributed by atoms with Gasteiger partial charge in [-0.1, -0.05) is 12.1 Å². The summed E-state index contributed by atoms with van der Waals surface area (Å²) in [5, 5.41) is 0. The highest BCUT2D eigenvalue weighted by molar-refractivity contribution is 5.65. The van der Waals surface area contributed by atoms with E-state index in [1.54, 1.807) is 0 Å². The molecule has 22 heavy (non-hydrogen) atoms. The summed E-state index contributed by atoms with van der Waals surface area (Å²) in [6.07, 6.45) is 4.43. The second kappa shape index (κ2) is 5.79. The molecule has 0 bridgehead atoms. The molecular weight excluding hydrogens is 276 g/mol. The van der Waals surface area contributed by atoms with Gasteiger partial charge in [0.25, 0.3) is 0 Å². The maximum absolute atomic E-state index is 12.6. The molecule has 0 atom stereocenters. The highest BCUT2D eigenvalue weighted by Gasteiger charge is 2.08. The van der Waals surface area contributed by atoms with Crippen LogP contribution in [-0.2, 0) is 6.42 Å². The van der Waals surface area contributed by atoms with Gasteiger partial charge in [-0.05, 0) is 36.2 Å². The zero-order valence-electron chi connectivity index (χ0n) is 13.2. The Bertz CT molecular complexity index is 788. The van der Waals surface area contributed by atoms with E-state index < -0.39 is 0 Å². The Morgan fingerprint density at radius 2 is 1.86 bits per heavy atom. The van der Waals surface area contributed by atoms with Crippen LogP contribution in [0.15, 0.2) is 42.7 Å². The molecule has 0 radical (unpaired) electrons. The summed E-state index contributed by atoms with van der Waals surface area (Å²) in [5.74, 6) is 0. The number of aromatic nitrogens is 2. The van der Waals surface area contributed by atoms with Crippen LogP contribution in [0.1, 0.15) is 11.1 Å². The van der Waals surface area contributed by atoms with Crippen molar-refractivity contribution in [3.63, 3.8) is 0 Å². The summed E-state index contributed by atoms with van der Waals surface area (Å²) in [5.41, 5.74) is 6.19. The molecule has 4 heteroatoms. The second-order valence-electron chi connectivity index (χ2n) is 5.75. The molecule has 0 aliphatic carbocycles. The Hall–Kier alpha value is -2.36. The van der Waals surface area contributed by atoms with Crippen molar-refractivity contribution in [3.8, 4) is 11.3 Å². The number of hydrogen-bond donors (Lipinski definition) is 0. The van der Waals surface area contributed by atoms with Gasteiger partial charge in [-0.25, -0.2) is 4.98 Å². The van der Waals surface area contributed by atoms with Crippen molar-refractivity contribution in [1.29, 1.82) is 0 Å². The molecule has 0 aliphatic heterocycles. The molecule has 0 saturated heterocycles. The fourth-order valence-corrected chi connectivity index (χ4v) is 2.61. The number of nitrogens with zero attached hydrogens (tertiary/aromatic N) is 3. The minimum absolute atomic E-state index is 0.333. The Morgan fingerprint density at radius 1 is 1.14 bits per heavy atom. The van der Waals surface area contributed by atoms with Crippen molar-refractivity contribution >= 4 is 11.3 Å². The minimum atomic E-state index is -0.333. The average molecular weight is 296 g/mol. The van der Waals surface area contributed by atoms with E-state index in [1.165, 1.54) is 0 Å². The Morgan fingerprint density at radius 3 is 2.50 bits per heavy atom. The van der Waals surface area contributed by atoms with Gasteiger partial charge in [0, 0.05) is 44.2 Å². The van der Waals surface area contributed by atoms with Crippen molar-refractivity contribution in [1.82, 2.24) is 9.38 Å². The molecule has 0 N–H and O–H groups in total. The number of hydrogen-bond acceptors (Lipinski definition) is 2. The molecule has 2 aromatic heterocycles. The first-order valence-electron chi connectivity index (χ1n) is 7.40. The standard InChI is InChI=1S/C18H20FN3/c1-13-10-18-20-17(12-22(18)11-15(13)8-9-19)14-4-6-16(7-5-14)21(2)3/h4-7,10-12H,8-9H2,1-3H3/i19-1. The summed E-state index contributed by atoms with van der Waals surface area (Å²) in [6.45, 7) is 1.67. The maximum Gasteiger partial charge on any atom is 0.137 e. The zero-order chi connectivity index (χ0) is 15.7. The third kappa shape index (κ3) is 2.69. The summed E-state index contributed by atoms with van der Waals surface area (Å²) < 4.78 is 14.6. The number of aryl methyl sites for hydroxylation is 2. The molecule has 0 unspecified atom stereocenters. The van der Waals surface area contributed by atoms with Crippen LogP contribution in [-0.4, -0.2) is 30.2 Å². The molecule has 2 heterocycles. The van der Waals surface area contributed by atoms with Gasteiger partial charge in [0.1, 0.15) is 5.65 Å². The van der Waals surface area contributed by atoms with E-state index in [-0.39, 0.29) is 6.67 Å². The topological polar surface area (TPSA) is 20.5 Å². The van der Waals surface area contributed by atoms with Gasteiger partial charge < -0.3 is 9.30 Å². The van der Waals surface area contributed by atoms with Gasteiger partial charge in [0.2, 0.25) is 0 Å². The first kappa shape index (κ1) is 14.6. The lowest BCUT2D eigenvalue weighted by atomic mass is 10.1. The van der Waals surface area contributed by atoms with Crippen LogP contribution in [0.5, 0.6) is 0 Å². The van der Waals surface area contributed by atoms with Crippen molar-refractivity contribution in [2.45, 2.75) is 13.3 Å². The van der Waals surface area contributed by atoms with Gasteiger partial charge in [-0.3, -0.25) is 4.39 Å². The lowest BCUT2D eigenvalue weighted by Gasteiger charge is -2.12. The monoisotopic (exact) mass is 296 g/mol. The fraction of sp³-hybridized carbons (Fsp3) is 0.278. The zero-order valence-corrected chi connectivity index (χ0v) is 13.2. The van der Waals surface area contributed by atoms with Crippen molar-refractivity contribution in [3.05, 3.63) is 53.9 Å². The van der Waals surface area contributed by atoms with Gasteiger partial charge in [0.05, 0.1) is 12.4 Å². The molecule has 114 valence electrons. The molecule has 3 nitrogen and oxygen atoms in total.